The Morgan fingerprint density at radius 3 is 1.50 bits per heavy atom. The third-order valence-corrected chi connectivity index (χ3v) is 5.17. The van der Waals surface area contributed by atoms with Crippen LogP contribution in [0.2, 0.25) is 0 Å². The van der Waals surface area contributed by atoms with Crippen molar-refractivity contribution in [3.63, 3.8) is 0 Å². The van der Waals surface area contributed by atoms with Crippen LogP contribution in [0.3, 0.4) is 0 Å². The molecule has 2 aromatic carbocycles. The minimum atomic E-state index is 0.00660. The van der Waals surface area contributed by atoms with E-state index in [9.17, 15) is 10.2 Å². The Balaban J connectivity index is 2.08. The number of phenols is 2. The Morgan fingerprint density at radius 2 is 1.10 bits per heavy atom. The number of rotatable bonds is 2. The molecule has 0 unspecified atom stereocenters. The average Bonchev–Trinajstić information content (AvgIpc) is 2.49. The highest BCUT2D eigenvalue weighted by molar-refractivity contribution is 7.99. The normalized spacial score (nSPS) is 17.8. The van der Waals surface area contributed by atoms with Crippen LogP contribution < -0.4 is 0 Å². The van der Waals surface area contributed by atoms with Crippen molar-refractivity contribution in [3.05, 3.63) is 59.7 Å². The summed E-state index contributed by atoms with van der Waals surface area (Å²) in [5, 5.41) is 19.0. The predicted octanol–water partition coefficient (Wildman–Crippen LogP) is 3.91. The molecule has 3 heteroatoms. The van der Waals surface area contributed by atoms with Crippen LogP contribution in [0.15, 0.2) is 48.5 Å². The van der Waals surface area contributed by atoms with Crippen molar-refractivity contribution in [2.45, 2.75) is 18.3 Å². The zero-order valence-corrected chi connectivity index (χ0v) is 12.1. The summed E-state index contributed by atoms with van der Waals surface area (Å²) in [6, 6.07) is 15.2. The maximum atomic E-state index is 9.51. The molecule has 20 heavy (non-hydrogen) atoms. The van der Waals surface area contributed by atoms with E-state index in [0.717, 1.165) is 24.3 Å². The number of hydrogen-bond acceptors (Lipinski definition) is 3. The lowest BCUT2D eigenvalue weighted by Gasteiger charge is -2.38. The Kier molecular flexibility index (Phi) is 3.62. The first-order valence-electron chi connectivity index (χ1n) is 6.87. The SMILES string of the molecule is Oc1ccc(C2(c3ccc(O)cc3)CCSCC2)cc1. The van der Waals surface area contributed by atoms with Gasteiger partial charge in [0.25, 0.3) is 0 Å². The van der Waals surface area contributed by atoms with Gasteiger partial charge in [0.15, 0.2) is 0 Å². The summed E-state index contributed by atoms with van der Waals surface area (Å²) in [6.45, 7) is 0. The van der Waals surface area contributed by atoms with Gasteiger partial charge in [-0.05, 0) is 59.7 Å². The Hall–Kier alpha value is -1.61. The van der Waals surface area contributed by atoms with E-state index in [1.54, 1.807) is 24.3 Å². The molecule has 0 aromatic heterocycles. The smallest absolute Gasteiger partial charge is 0.115 e. The maximum absolute atomic E-state index is 9.51. The van der Waals surface area contributed by atoms with E-state index in [4.69, 9.17) is 0 Å². The van der Waals surface area contributed by atoms with Crippen molar-refractivity contribution in [2.75, 3.05) is 11.5 Å². The van der Waals surface area contributed by atoms with Gasteiger partial charge in [-0.3, -0.25) is 0 Å². The van der Waals surface area contributed by atoms with Crippen molar-refractivity contribution < 1.29 is 10.2 Å². The van der Waals surface area contributed by atoms with Crippen molar-refractivity contribution >= 4 is 11.8 Å². The minimum absolute atomic E-state index is 0.00660. The molecule has 1 heterocycles. The van der Waals surface area contributed by atoms with E-state index >= 15 is 0 Å². The van der Waals surface area contributed by atoms with Gasteiger partial charge in [-0.2, -0.15) is 11.8 Å². The van der Waals surface area contributed by atoms with Crippen molar-refractivity contribution in [1.82, 2.24) is 0 Å². The second-order valence-electron chi connectivity index (χ2n) is 5.29. The molecule has 0 amide bonds. The van der Waals surface area contributed by atoms with Gasteiger partial charge in [0.2, 0.25) is 0 Å². The van der Waals surface area contributed by atoms with Gasteiger partial charge in [0.05, 0.1) is 0 Å². The Bertz CT molecular complexity index is 521. The summed E-state index contributed by atoms with van der Waals surface area (Å²) in [5.41, 5.74) is 2.51. The van der Waals surface area contributed by atoms with Crippen LogP contribution in [0.5, 0.6) is 11.5 Å². The van der Waals surface area contributed by atoms with Gasteiger partial charge in [-0.1, -0.05) is 24.3 Å². The van der Waals surface area contributed by atoms with Crippen molar-refractivity contribution in [2.24, 2.45) is 0 Å². The van der Waals surface area contributed by atoms with Crippen LogP contribution in [0.1, 0.15) is 24.0 Å². The summed E-state index contributed by atoms with van der Waals surface area (Å²) in [7, 11) is 0. The van der Waals surface area contributed by atoms with Crippen LogP contribution in [-0.2, 0) is 5.41 Å². The number of phenolic OH excluding ortho intramolecular Hbond substituents is 2. The van der Waals surface area contributed by atoms with E-state index in [1.165, 1.54) is 11.1 Å². The van der Waals surface area contributed by atoms with Crippen LogP contribution in [0.4, 0.5) is 0 Å². The van der Waals surface area contributed by atoms with Crippen LogP contribution in [-0.4, -0.2) is 21.7 Å². The van der Waals surface area contributed by atoms with E-state index in [1.807, 2.05) is 36.0 Å². The molecule has 0 saturated carbocycles. The third-order valence-electron chi connectivity index (χ3n) is 4.19. The van der Waals surface area contributed by atoms with Crippen molar-refractivity contribution in [1.29, 1.82) is 0 Å². The van der Waals surface area contributed by atoms with E-state index in [-0.39, 0.29) is 5.41 Å². The topological polar surface area (TPSA) is 40.5 Å². The molecule has 1 aliphatic heterocycles. The minimum Gasteiger partial charge on any atom is -0.508 e. The molecule has 1 fully saturated rings. The summed E-state index contributed by atoms with van der Waals surface area (Å²) < 4.78 is 0. The third kappa shape index (κ3) is 2.38. The van der Waals surface area contributed by atoms with Gasteiger partial charge in [0.1, 0.15) is 11.5 Å². The average molecular weight is 286 g/mol. The molecule has 0 atom stereocenters. The van der Waals surface area contributed by atoms with E-state index < -0.39 is 0 Å². The summed E-state index contributed by atoms with van der Waals surface area (Å²) in [6.07, 6.45) is 2.18. The lowest BCUT2D eigenvalue weighted by atomic mass is 9.70. The van der Waals surface area contributed by atoms with E-state index in [0.29, 0.717) is 11.5 Å². The number of thioether (sulfide) groups is 1. The zero-order valence-electron chi connectivity index (χ0n) is 11.2. The molecular weight excluding hydrogens is 268 g/mol. The molecular formula is C17H18O2S. The molecule has 0 aliphatic carbocycles. The molecule has 3 rings (SSSR count). The first kappa shape index (κ1) is 13.4. The van der Waals surface area contributed by atoms with Gasteiger partial charge in [-0.25, -0.2) is 0 Å². The van der Waals surface area contributed by atoms with Crippen molar-refractivity contribution in [3.8, 4) is 11.5 Å². The second kappa shape index (κ2) is 5.41. The fourth-order valence-corrected chi connectivity index (χ4v) is 4.21. The molecule has 1 saturated heterocycles. The Morgan fingerprint density at radius 1 is 0.700 bits per heavy atom. The lowest BCUT2D eigenvalue weighted by Crippen LogP contribution is -2.32. The highest BCUT2D eigenvalue weighted by atomic mass is 32.2. The molecule has 1 aliphatic rings. The zero-order chi connectivity index (χ0) is 14.0. The highest BCUT2D eigenvalue weighted by Gasteiger charge is 2.35. The summed E-state index contributed by atoms with van der Waals surface area (Å²) >= 11 is 1.99. The van der Waals surface area contributed by atoms with E-state index in [2.05, 4.69) is 0 Å². The molecule has 0 bridgehead atoms. The quantitative estimate of drug-likeness (QED) is 0.879. The van der Waals surface area contributed by atoms with Crippen LogP contribution in [0.25, 0.3) is 0 Å². The monoisotopic (exact) mass is 286 g/mol. The van der Waals surface area contributed by atoms with Gasteiger partial charge in [0, 0.05) is 5.41 Å². The first-order chi connectivity index (χ1) is 9.71. The van der Waals surface area contributed by atoms with Gasteiger partial charge in [-0.15, -0.1) is 0 Å². The number of benzene rings is 2. The lowest BCUT2D eigenvalue weighted by molar-refractivity contribution is 0.460. The fourth-order valence-electron chi connectivity index (χ4n) is 3.02. The van der Waals surface area contributed by atoms with Gasteiger partial charge >= 0.3 is 0 Å². The number of aromatic hydroxyl groups is 2. The molecule has 104 valence electrons. The number of hydrogen-bond donors (Lipinski definition) is 2. The predicted molar refractivity (Wildman–Crippen MR) is 83.6 cm³/mol. The first-order valence-corrected chi connectivity index (χ1v) is 8.03. The molecule has 0 radical (unpaired) electrons. The molecule has 2 nitrogen and oxygen atoms in total. The maximum Gasteiger partial charge on any atom is 0.115 e. The van der Waals surface area contributed by atoms with Crippen LogP contribution >= 0.6 is 11.8 Å². The largest absolute Gasteiger partial charge is 0.508 e. The second-order valence-corrected chi connectivity index (χ2v) is 6.51. The van der Waals surface area contributed by atoms with Crippen LogP contribution in [0, 0.1) is 0 Å². The molecule has 0 spiro atoms. The summed E-state index contributed by atoms with van der Waals surface area (Å²) in [4.78, 5) is 0. The summed E-state index contributed by atoms with van der Waals surface area (Å²) in [5.74, 6) is 2.89. The molecule has 2 aromatic rings. The van der Waals surface area contributed by atoms with Gasteiger partial charge < -0.3 is 10.2 Å². The standard InChI is InChI=1S/C17H18O2S/c18-15-5-1-13(2-6-15)17(9-11-20-12-10-17)14-3-7-16(19)8-4-14/h1-8,18-19H,9-12H2. The fraction of sp³-hybridized carbons (Fsp3) is 0.294. The highest BCUT2D eigenvalue weighted by Crippen LogP contribution is 2.44. The Labute approximate surface area is 123 Å². The molecule has 2 N–H and O–H groups in total.